The van der Waals surface area contributed by atoms with E-state index in [-0.39, 0.29) is 29.7 Å². The van der Waals surface area contributed by atoms with E-state index in [1.54, 1.807) is 13.8 Å². The molecule has 0 spiro atoms. The topological polar surface area (TPSA) is 87.8 Å². The van der Waals surface area contributed by atoms with Gasteiger partial charge in [0.05, 0.1) is 16.2 Å². The molecule has 1 saturated heterocycles. The van der Waals surface area contributed by atoms with Gasteiger partial charge in [0.2, 0.25) is 5.89 Å². The molecule has 24 heavy (non-hydrogen) atoms. The predicted octanol–water partition coefficient (Wildman–Crippen LogP) is 1.88. The Labute approximate surface area is 161 Å². The molecule has 1 fully saturated rings. The minimum atomic E-state index is -3.07. The summed E-state index contributed by atoms with van der Waals surface area (Å²) >= 11 is 0. The average Bonchev–Trinajstić information content (AvgIpc) is 2.77. The molecule has 1 aromatic rings. The van der Waals surface area contributed by atoms with Crippen molar-refractivity contribution in [3.05, 3.63) is 17.3 Å². The van der Waals surface area contributed by atoms with Gasteiger partial charge in [-0.3, -0.25) is 0 Å². The number of oxazole rings is 1. The SMILES string of the molecule is CCNC(=NCc1nc(C)c(C)o1)N1CCS(=O)(=O)C(C)(C)C1.I. The number of aliphatic imine (C=N–C) groups is 1. The largest absolute Gasteiger partial charge is 0.444 e. The van der Waals surface area contributed by atoms with Crippen molar-refractivity contribution >= 4 is 39.8 Å². The molecule has 0 unspecified atom stereocenters. The highest BCUT2D eigenvalue weighted by atomic mass is 127. The first-order chi connectivity index (χ1) is 10.7. The van der Waals surface area contributed by atoms with Crippen LogP contribution in [0.4, 0.5) is 0 Å². The lowest BCUT2D eigenvalue weighted by atomic mass is 10.2. The Morgan fingerprint density at radius 1 is 1.42 bits per heavy atom. The Morgan fingerprint density at radius 3 is 2.58 bits per heavy atom. The van der Waals surface area contributed by atoms with Gasteiger partial charge in [0.25, 0.3) is 0 Å². The van der Waals surface area contributed by atoms with Crippen molar-refractivity contribution in [2.75, 3.05) is 25.4 Å². The highest BCUT2D eigenvalue weighted by Crippen LogP contribution is 2.23. The number of aryl methyl sites for hydroxylation is 2. The number of sulfone groups is 1. The van der Waals surface area contributed by atoms with E-state index in [9.17, 15) is 8.42 Å². The van der Waals surface area contributed by atoms with Crippen LogP contribution in [-0.4, -0.2) is 54.4 Å². The second-order valence-corrected chi connectivity index (χ2v) is 9.16. The summed E-state index contributed by atoms with van der Waals surface area (Å²) in [6.07, 6.45) is 0. The van der Waals surface area contributed by atoms with E-state index in [4.69, 9.17) is 4.42 Å². The van der Waals surface area contributed by atoms with Gasteiger partial charge < -0.3 is 14.6 Å². The molecule has 0 atom stereocenters. The summed E-state index contributed by atoms with van der Waals surface area (Å²) in [5.41, 5.74) is 0.866. The third-order valence-corrected chi connectivity index (χ3v) is 6.65. The third-order valence-electron chi connectivity index (χ3n) is 4.11. The molecule has 138 valence electrons. The lowest BCUT2D eigenvalue weighted by molar-refractivity contribution is 0.352. The van der Waals surface area contributed by atoms with Crippen LogP contribution in [0.5, 0.6) is 0 Å². The van der Waals surface area contributed by atoms with Crippen LogP contribution in [-0.2, 0) is 16.4 Å². The Balaban J connectivity index is 0.00000288. The standard InChI is InChI=1S/C15H26N4O3S.HI/c1-6-16-14(17-9-13-18-11(2)12(3)22-13)19-7-8-23(20,21)15(4,5)10-19;/h6-10H2,1-5H3,(H,16,17);1H. The summed E-state index contributed by atoms with van der Waals surface area (Å²) in [7, 11) is -3.07. The number of guanidine groups is 1. The number of nitrogens with zero attached hydrogens (tertiary/aromatic N) is 3. The molecule has 0 bridgehead atoms. The number of hydrogen-bond donors (Lipinski definition) is 1. The molecule has 2 rings (SSSR count). The molecule has 2 heterocycles. The minimum Gasteiger partial charge on any atom is -0.444 e. The Kier molecular flexibility index (Phi) is 7.09. The fraction of sp³-hybridized carbons (Fsp3) is 0.733. The molecular weight excluding hydrogens is 443 g/mol. The number of nitrogens with one attached hydrogen (secondary N) is 1. The second-order valence-electron chi connectivity index (χ2n) is 6.42. The van der Waals surface area contributed by atoms with Gasteiger partial charge in [0, 0.05) is 19.6 Å². The summed E-state index contributed by atoms with van der Waals surface area (Å²) in [6.45, 7) is 11.2. The van der Waals surface area contributed by atoms with Gasteiger partial charge in [-0.05, 0) is 34.6 Å². The Bertz CT molecular complexity index is 678. The maximum atomic E-state index is 12.1. The zero-order valence-electron chi connectivity index (χ0n) is 14.9. The maximum absolute atomic E-state index is 12.1. The van der Waals surface area contributed by atoms with Gasteiger partial charge in [-0.15, -0.1) is 24.0 Å². The smallest absolute Gasteiger partial charge is 0.216 e. The van der Waals surface area contributed by atoms with Gasteiger partial charge in [-0.2, -0.15) is 0 Å². The molecular formula is C15H27IN4O3S. The number of halogens is 1. The molecule has 1 aliphatic heterocycles. The molecule has 1 N–H and O–H groups in total. The lowest BCUT2D eigenvalue weighted by Gasteiger charge is -2.39. The van der Waals surface area contributed by atoms with Gasteiger partial charge in [-0.1, -0.05) is 0 Å². The number of rotatable bonds is 3. The summed E-state index contributed by atoms with van der Waals surface area (Å²) in [5, 5.41) is 3.22. The molecule has 0 radical (unpaired) electrons. The first kappa shape index (κ1) is 21.2. The van der Waals surface area contributed by atoms with E-state index in [2.05, 4.69) is 15.3 Å². The van der Waals surface area contributed by atoms with E-state index in [0.29, 0.717) is 38.0 Å². The van der Waals surface area contributed by atoms with Crippen LogP contribution >= 0.6 is 24.0 Å². The van der Waals surface area contributed by atoms with Crippen molar-refractivity contribution in [3.8, 4) is 0 Å². The third kappa shape index (κ3) is 4.62. The van der Waals surface area contributed by atoms with E-state index < -0.39 is 14.6 Å². The molecule has 7 nitrogen and oxygen atoms in total. The summed E-state index contributed by atoms with van der Waals surface area (Å²) in [5.74, 6) is 2.20. The summed E-state index contributed by atoms with van der Waals surface area (Å²) in [4.78, 5) is 10.9. The Morgan fingerprint density at radius 2 is 2.08 bits per heavy atom. The van der Waals surface area contributed by atoms with E-state index in [1.807, 2.05) is 25.7 Å². The molecule has 1 aromatic heterocycles. The van der Waals surface area contributed by atoms with Crippen LogP contribution in [0.1, 0.15) is 38.1 Å². The van der Waals surface area contributed by atoms with E-state index in [1.165, 1.54) is 0 Å². The first-order valence-electron chi connectivity index (χ1n) is 7.85. The average molecular weight is 470 g/mol. The minimum absolute atomic E-state index is 0. The molecule has 0 aromatic carbocycles. The van der Waals surface area contributed by atoms with E-state index in [0.717, 1.165) is 11.5 Å². The summed E-state index contributed by atoms with van der Waals surface area (Å²) in [6, 6.07) is 0. The molecule has 0 amide bonds. The van der Waals surface area contributed by atoms with E-state index >= 15 is 0 Å². The van der Waals surface area contributed by atoms with Crippen molar-refractivity contribution in [3.63, 3.8) is 0 Å². The Hall–Kier alpha value is -0.840. The van der Waals surface area contributed by atoms with Crippen LogP contribution in [0.15, 0.2) is 9.41 Å². The number of aromatic nitrogens is 1. The van der Waals surface area contributed by atoms with Crippen molar-refractivity contribution in [1.82, 2.24) is 15.2 Å². The van der Waals surface area contributed by atoms with Crippen molar-refractivity contribution < 1.29 is 12.8 Å². The lowest BCUT2D eigenvalue weighted by Crippen LogP contribution is -2.57. The van der Waals surface area contributed by atoms with Crippen LogP contribution in [0, 0.1) is 13.8 Å². The summed E-state index contributed by atoms with van der Waals surface area (Å²) < 4.78 is 29.0. The highest BCUT2D eigenvalue weighted by Gasteiger charge is 2.40. The van der Waals surface area contributed by atoms with Gasteiger partial charge in [0.1, 0.15) is 12.3 Å². The van der Waals surface area contributed by atoms with Crippen LogP contribution < -0.4 is 5.32 Å². The predicted molar refractivity (Wildman–Crippen MR) is 106 cm³/mol. The van der Waals surface area contributed by atoms with Crippen molar-refractivity contribution in [2.24, 2.45) is 4.99 Å². The molecule has 0 aliphatic carbocycles. The second kappa shape index (κ2) is 8.03. The maximum Gasteiger partial charge on any atom is 0.216 e. The quantitative estimate of drug-likeness (QED) is 0.413. The fourth-order valence-electron chi connectivity index (χ4n) is 2.50. The highest BCUT2D eigenvalue weighted by molar-refractivity contribution is 14.0. The zero-order chi connectivity index (χ0) is 17.3. The molecule has 9 heteroatoms. The molecule has 1 aliphatic rings. The zero-order valence-corrected chi connectivity index (χ0v) is 18.1. The van der Waals surface area contributed by atoms with Gasteiger partial charge in [0.15, 0.2) is 15.8 Å². The van der Waals surface area contributed by atoms with Crippen LogP contribution in [0.3, 0.4) is 0 Å². The fourth-order valence-corrected chi connectivity index (χ4v) is 3.87. The van der Waals surface area contributed by atoms with Crippen molar-refractivity contribution in [2.45, 2.75) is 45.9 Å². The number of hydrogen-bond acceptors (Lipinski definition) is 5. The van der Waals surface area contributed by atoms with Crippen molar-refractivity contribution in [1.29, 1.82) is 0 Å². The van der Waals surface area contributed by atoms with Crippen LogP contribution in [0.25, 0.3) is 0 Å². The molecule has 0 saturated carbocycles. The van der Waals surface area contributed by atoms with Crippen LogP contribution in [0.2, 0.25) is 0 Å². The normalized spacial score (nSPS) is 19.7. The monoisotopic (exact) mass is 470 g/mol. The van der Waals surface area contributed by atoms with Gasteiger partial charge in [-0.25, -0.2) is 18.4 Å². The van der Waals surface area contributed by atoms with Gasteiger partial charge >= 0.3 is 0 Å². The first-order valence-corrected chi connectivity index (χ1v) is 9.50.